The number of anilines is 1. The highest BCUT2D eigenvalue weighted by Gasteiger charge is 2.27. The standard InChI is InChI=1S/C23H22BrFN4O/c24-20-7-3-16(4-8-20)12-26-22(30)18-2-1-11-29(15-18)23-27-13-19(14-28-23)17-5-9-21(25)10-6-17/h3-10,13-14,18H,1-2,11-12,15H2,(H,26,30)/t18-/m1/s1. The third-order valence-electron chi connectivity index (χ3n) is 5.27. The average Bonchev–Trinajstić information content (AvgIpc) is 2.79. The van der Waals surface area contributed by atoms with E-state index in [2.05, 4.69) is 36.1 Å². The highest BCUT2D eigenvalue weighted by atomic mass is 79.9. The van der Waals surface area contributed by atoms with E-state index in [4.69, 9.17) is 0 Å². The monoisotopic (exact) mass is 468 g/mol. The number of aromatic nitrogens is 2. The number of benzene rings is 2. The first-order chi connectivity index (χ1) is 14.6. The number of piperidine rings is 1. The zero-order valence-corrected chi connectivity index (χ0v) is 18.0. The lowest BCUT2D eigenvalue weighted by Crippen LogP contribution is -2.43. The second kappa shape index (κ2) is 9.34. The van der Waals surface area contributed by atoms with Crippen LogP contribution in [0.1, 0.15) is 18.4 Å². The molecule has 1 aliphatic heterocycles. The van der Waals surface area contributed by atoms with Crippen molar-refractivity contribution >= 4 is 27.8 Å². The van der Waals surface area contributed by atoms with E-state index >= 15 is 0 Å². The Morgan fingerprint density at radius 2 is 1.77 bits per heavy atom. The molecule has 0 unspecified atom stereocenters. The minimum absolute atomic E-state index is 0.0607. The lowest BCUT2D eigenvalue weighted by atomic mass is 9.97. The first-order valence-electron chi connectivity index (χ1n) is 9.93. The first kappa shape index (κ1) is 20.5. The summed E-state index contributed by atoms with van der Waals surface area (Å²) in [4.78, 5) is 23.7. The maximum Gasteiger partial charge on any atom is 0.225 e. The van der Waals surface area contributed by atoms with Gasteiger partial charge in [0.25, 0.3) is 0 Å². The Bertz CT molecular complexity index is 993. The zero-order chi connectivity index (χ0) is 20.9. The third-order valence-corrected chi connectivity index (χ3v) is 5.80. The molecule has 2 aromatic carbocycles. The van der Waals surface area contributed by atoms with Crippen molar-refractivity contribution in [2.75, 3.05) is 18.0 Å². The number of amides is 1. The van der Waals surface area contributed by atoms with E-state index in [-0.39, 0.29) is 17.6 Å². The molecule has 30 heavy (non-hydrogen) atoms. The summed E-state index contributed by atoms with van der Waals surface area (Å²) in [6.07, 6.45) is 5.26. The van der Waals surface area contributed by atoms with Crippen LogP contribution in [-0.4, -0.2) is 29.0 Å². The van der Waals surface area contributed by atoms with Crippen molar-refractivity contribution in [1.82, 2.24) is 15.3 Å². The van der Waals surface area contributed by atoms with Gasteiger partial charge in [-0.25, -0.2) is 14.4 Å². The van der Waals surface area contributed by atoms with Crippen LogP contribution in [0.25, 0.3) is 11.1 Å². The van der Waals surface area contributed by atoms with Gasteiger partial charge in [0.05, 0.1) is 5.92 Å². The molecule has 0 aliphatic carbocycles. The van der Waals surface area contributed by atoms with E-state index in [1.807, 2.05) is 24.3 Å². The van der Waals surface area contributed by atoms with Crippen LogP contribution in [0.3, 0.4) is 0 Å². The molecule has 2 heterocycles. The summed E-state index contributed by atoms with van der Waals surface area (Å²) in [5, 5.41) is 3.04. The lowest BCUT2D eigenvalue weighted by Gasteiger charge is -2.32. The van der Waals surface area contributed by atoms with Crippen molar-refractivity contribution in [3.8, 4) is 11.1 Å². The van der Waals surface area contributed by atoms with Crippen LogP contribution in [0.15, 0.2) is 65.4 Å². The number of hydrogen-bond acceptors (Lipinski definition) is 4. The van der Waals surface area contributed by atoms with Gasteiger partial charge in [-0.1, -0.05) is 40.2 Å². The molecule has 1 amide bonds. The minimum atomic E-state index is -0.269. The van der Waals surface area contributed by atoms with E-state index in [1.54, 1.807) is 24.5 Å². The molecule has 1 aliphatic rings. The fraction of sp³-hybridized carbons (Fsp3) is 0.261. The summed E-state index contributed by atoms with van der Waals surface area (Å²) in [6, 6.07) is 14.2. The topological polar surface area (TPSA) is 58.1 Å². The van der Waals surface area contributed by atoms with E-state index in [0.29, 0.717) is 19.0 Å². The molecular weight excluding hydrogens is 447 g/mol. The van der Waals surface area contributed by atoms with Crippen LogP contribution in [0.4, 0.5) is 10.3 Å². The molecule has 1 N–H and O–H groups in total. The lowest BCUT2D eigenvalue weighted by molar-refractivity contribution is -0.125. The number of rotatable bonds is 5. The van der Waals surface area contributed by atoms with E-state index in [0.717, 1.165) is 40.5 Å². The molecule has 154 valence electrons. The van der Waals surface area contributed by atoms with Crippen LogP contribution in [-0.2, 0) is 11.3 Å². The normalized spacial score (nSPS) is 16.3. The van der Waals surface area contributed by atoms with Gasteiger partial charge in [-0.3, -0.25) is 4.79 Å². The Kier molecular flexibility index (Phi) is 6.38. The van der Waals surface area contributed by atoms with Gasteiger partial charge in [0.1, 0.15) is 5.82 Å². The van der Waals surface area contributed by atoms with Crippen molar-refractivity contribution in [2.24, 2.45) is 5.92 Å². The molecule has 0 spiro atoms. The molecule has 0 saturated carbocycles. The fourth-order valence-electron chi connectivity index (χ4n) is 3.58. The van der Waals surface area contributed by atoms with Crippen molar-refractivity contribution < 1.29 is 9.18 Å². The number of carbonyl (C=O) groups excluding carboxylic acids is 1. The number of nitrogens with zero attached hydrogens (tertiary/aromatic N) is 3. The van der Waals surface area contributed by atoms with Crippen molar-refractivity contribution in [2.45, 2.75) is 19.4 Å². The molecule has 7 heteroatoms. The van der Waals surface area contributed by atoms with Gasteiger partial charge in [-0.15, -0.1) is 0 Å². The number of halogens is 2. The van der Waals surface area contributed by atoms with Gasteiger partial charge < -0.3 is 10.2 Å². The summed E-state index contributed by atoms with van der Waals surface area (Å²) in [5.74, 6) is 0.320. The summed E-state index contributed by atoms with van der Waals surface area (Å²) >= 11 is 3.42. The molecule has 1 atom stereocenters. The van der Waals surface area contributed by atoms with Gasteiger partial charge in [-0.2, -0.15) is 0 Å². The van der Waals surface area contributed by atoms with Crippen LogP contribution >= 0.6 is 15.9 Å². The predicted octanol–water partition coefficient (Wildman–Crippen LogP) is 4.58. The van der Waals surface area contributed by atoms with Crippen molar-refractivity contribution in [3.63, 3.8) is 0 Å². The Hall–Kier alpha value is -2.80. The molecule has 1 saturated heterocycles. The van der Waals surface area contributed by atoms with Crippen molar-refractivity contribution in [3.05, 3.63) is 76.8 Å². The highest BCUT2D eigenvalue weighted by molar-refractivity contribution is 9.10. The third kappa shape index (κ3) is 5.02. The molecule has 5 nitrogen and oxygen atoms in total. The zero-order valence-electron chi connectivity index (χ0n) is 16.4. The quantitative estimate of drug-likeness (QED) is 0.595. The second-order valence-corrected chi connectivity index (χ2v) is 8.32. The maximum atomic E-state index is 13.1. The largest absolute Gasteiger partial charge is 0.352 e. The van der Waals surface area contributed by atoms with E-state index in [9.17, 15) is 9.18 Å². The average molecular weight is 469 g/mol. The fourth-order valence-corrected chi connectivity index (χ4v) is 3.85. The van der Waals surface area contributed by atoms with Gasteiger partial charge in [0, 0.05) is 42.1 Å². The van der Waals surface area contributed by atoms with Gasteiger partial charge in [0.15, 0.2) is 0 Å². The first-order valence-corrected chi connectivity index (χ1v) is 10.7. The predicted molar refractivity (Wildman–Crippen MR) is 118 cm³/mol. The number of hydrogen-bond donors (Lipinski definition) is 1. The Balaban J connectivity index is 1.36. The van der Waals surface area contributed by atoms with E-state index in [1.165, 1.54) is 12.1 Å². The molecular formula is C23H22BrFN4O. The van der Waals surface area contributed by atoms with Crippen LogP contribution < -0.4 is 10.2 Å². The van der Waals surface area contributed by atoms with Crippen LogP contribution in [0.5, 0.6) is 0 Å². The van der Waals surface area contributed by atoms with Gasteiger partial charge >= 0.3 is 0 Å². The summed E-state index contributed by atoms with van der Waals surface area (Å²) in [7, 11) is 0. The van der Waals surface area contributed by atoms with Crippen molar-refractivity contribution in [1.29, 1.82) is 0 Å². The van der Waals surface area contributed by atoms with Crippen LogP contribution in [0, 0.1) is 11.7 Å². The summed E-state index contributed by atoms with van der Waals surface area (Å²) < 4.78 is 14.1. The van der Waals surface area contributed by atoms with Gasteiger partial charge in [-0.05, 0) is 48.2 Å². The minimum Gasteiger partial charge on any atom is -0.352 e. The highest BCUT2D eigenvalue weighted by Crippen LogP contribution is 2.23. The Morgan fingerprint density at radius 1 is 1.07 bits per heavy atom. The molecule has 0 bridgehead atoms. The summed E-state index contributed by atoms with van der Waals surface area (Å²) in [6.45, 7) is 1.94. The second-order valence-electron chi connectivity index (χ2n) is 7.41. The van der Waals surface area contributed by atoms with Gasteiger partial charge in [0.2, 0.25) is 11.9 Å². The molecule has 0 radical (unpaired) electrons. The molecule has 4 rings (SSSR count). The maximum absolute atomic E-state index is 13.1. The Morgan fingerprint density at radius 3 is 2.47 bits per heavy atom. The molecule has 1 aromatic heterocycles. The SMILES string of the molecule is O=C(NCc1ccc(Br)cc1)[C@@H]1CCCN(c2ncc(-c3ccc(F)cc3)cn2)C1. The number of carbonyl (C=O) groups is 1. The van der Waals surface area contributed by atoms with E-state index < -0.39 is 0 Å². The summed E-state index contributed by atoms with van der Waals surface area (Å²) in [5.41, 5.74) is 2.77. The smallest absolute Gasteiger partial charge is 0.225 e. The molecule has 3 aromatic rings. The number of nitrogens with one attached hydrogen (secondary N) is 1. The van der Waals surface area contributed by atoms with Crippen LogP contribution in [0.2, 0.25) is 0 Å². The Labute approximate surface area is 183 Å². The molecule has 1 fully saturated rings.